The predicted octanol–water partition coefficient (Wildman–Crippen LogP) is 3.61. The summed E-state index contributed by atoms with van der Waals surface area (Å²) in [7, 11) is 1.33. The minimum absolute atomic E-state index is 0.401. The van der Waals surface area contributed by atoms with Crippen LogP contribution in [0.4, 0.5) is 5.88 Å². The maximum atomic E-state index is 11.7. The second kappa shape index (κ2) is 5.43. The lowest BCUT2D eigenvalue weighted by molar-refractivity contribution is 0.0601. The molecule has 5 heteroatoms. The fourth-order valence-corrected chi connectivity index (χ4v) is 3.14. The average Bonchev–Trinajstić information content (AvgIpc) is 3.20. The van der Waals surface area contributed by atoms with Gasteiger partial charge in [-0.3, -0.25) is 0 Å². The maximum absolute atomic E-state index is 11.7. The first-order valence-electron chi connectivity index (χ1n) is 7.58. The van der Waals surface area contributed by atoms with Crippen LogP contribution in [0.2, 0.25) is 0 Å². The van der Waals surface area contributed by atoms with E-state index in [0.29, 0.717) is 41.1 Å². The first-order valence-corrected chi connectivity index (χ1v) is 7.58. The van der Waals surface area contributed by atoms with Gasteiger partial charge >= 0.3 is 5.97 Å². The second-order valence-electron chi connectivity index (χ2n) is 5.72. The maximum Gasteiger partial charge on any atom is 0.337 e. The summed E-state index contributed by atoms with van der Waals surface area (Å²) >= 11 is 0. The van der Waals surface area contributed by atoms with E-state index in [1.54, 1.807) is 18.2 Å². The van der Waals surface area contributed by atoms with Gasteiger partial charge in [0, 0.05) is 18.5 Å². The highest BCUT2D eigenvalue weighted by Crippen LogP contribution is 2.37. The molecule has 118 valence electrons. The number of carbonyl (C=O) groups excluding carboxylic acids is 1. The molecule has 2 aromatic carbocycles. The Kier molecular flexibility index (Phi) is 3.24. The number of rotatable bonds is 2. The zero-order valence-electron chi connectivity index (χ0n) is 13.1. The minimum Gasteiger partial charge on any atom is -0.465 e. The van der Waals surface area contributed by atoms with Gasteiger partial charge in [-0.1, -0.05) is 24.3 Å². The first kappa shape index (κ1) is 14.3. The van der Waals surface area contributed by atoms with Crippen molar-refractivity contribution < 1.29 is 13.9 Å². The normalized spacial score (nSPS) is 12.9. The molecule has 4 rings (SSSR count). The van der Waals surface area contributed by atoms with E-state index in [-0.39, 0.29) is 0 Å². The van der Waals surface area contributed by atoms with Crippen molar-refractivity contribution in [1.29, 1.82) is 5.26 Å². The SMILES string of the molecule is COC(=O)c1ccc2oc(N3Cc4ccccc4C3)c(C#N)c2c1. The Hall–Kier alpha value is -3.26. The molecule has 1 aliphatic rings. The Morgan fingerprint density at radius 1 is 1.21 bits per heavy atom. The monoisotopic (exact) mass is 318 g/mol. The quantitative estimate of drug-likeness (QED) is 0.675. The van der Waals surface area contributed by atoms with Crippen molar-refractivity contribution in [2.24, 2.45) is 0 Å². The van der Waals surface area contributed by atoms with Gasteiger partial charge in [0.05, 0.1) is 12.7 Å². The number of esters is 1. The van der Waals surface area contributed by atoms with Crippen LogP contribution < -0.4 is 4.90 Å². The molecule has 0 radical (unpaired) electrons. The van der Waals surface area contributed by atoms with Crippen LogP contribution in [0, 0.1) is 11.3 Å². The van der Waals surface area contributed by atoms with Crippen molar-refractivity contribution in [3.8, 4) is 6.07 Å². The molecule has 0 atom stereocenters. The number of hydrogen-bond donors (Lipinski definition) is 0. The van der Waals surface area contributed by atoms with E-state index in [1.807, 2.05) is 17.0 Å². The highest BCUT2D eigenvalue weighted by atomic mass is 16.5. The number of ether oxygens (including phenoxy) is 1. The molecule has 3 aromatic rings. The Morgan fingerprint density at radius 3 is 2.54 bits per heavy atom. The molecule has 0 N–H and O–H groups in total. The summed E-state index contributed by atoms with van der Waals surface area (Å²) in [5.41, 5.74) is 3.90. The number of fused-ring (bicyclic) bond motifs is 2. The Labute approximate surface area is 138 Å². The Balaban J connectivity index is 1.80. The van der Waals surface area contributed by atoms with Gasteiger partial charge in [0.15, 0.2) is 0 Å². The van der Waals surface area contributed by atoms with Gasteiger partial charge in [-0.2, -0.15) is 5.26 Å². The largest absolute Gasteiger partial charge is 0.465 e. The molecule has 0 fully saturated rings. The van der Waals surface area contributed by atoms with E-state index in [0.717, 1.165) is 0 Å². The molecule has 5 nitrogen and oxygen atoms in total. The lowest BCUT2D eigenvalue weighted by Gasteiger charge is -2.13. The Morgan fingerprint density at radius 2 is 1.92 bits per heavy atom. The van der Waals surface area contributed by atoms with Gasteiger partial charge < -0.3 is 14.1 Å². The van der Waals surface area contributed by atoms with E-state index >= 15 is 0 Å². The molecular weight excluding hydrogens is 304 g/mol. The predicted molar refractivity (Wildman–Crippen MR) is 88.6 cm³/mol. The second-order valence-corrected chi connectivity index (χ2v) is 5.72. The molecule has 1 aromatic heterocycles. The van der Waals surface area contributed by atoms with E-state index in [1.165, 1.54) is 18.2 Å². The fourth-order valence-electron chi connectivity index (χ4n) is 3.14. The van der Waals surface area contributed by atoms with Crippen LogP contribution in [0.5, 0.6) is 0 Å². The molecule has 0 unspecified atom stereocenters. The first-order chi connectivity index (χ1) is 11.7. The summed E-state index contributed by atoms with van der Waals surface area (Å²) in [4.78, 5) is 13.8. The van der Waals surface area contributed by atoms with E-state index < -0.39 is 5.97 Å². The van der Waals surface area contributed by atoms with Crippen LogP contribution in [0.25, 0.3) is 11.0 Å². The smallest absolute Gasteiger partial charge is 0.337 e. The third-order valence-electron chi connectivity index (χ3n) is 4.33. The van der Waals surface area contributed by atoms with Crippen molar-refractivity contribution in [2.75, 3.05) is 12.0 Å². The van der Waals surface area contributed by atoms with Crippen LogP contribution >= 0.6 is 0 Å². The van der Waals surface area contributed by atoms with Crippen molar-refractivity contribution in [2.45, 2.75) is 13.1 Å². The van der Waals surface area contributed by atoms with Gasteiger partial charge in [-0.05, 0) is 29.3 Å². The zero-order valence-corrected chi connectivity index (χ0v) is 13.1. The third-order valence-corrected chi connectivity index (χ3v) is 4.33. The van der Waals surface area contributed by atoms with Gasteiger partial charge in [0.2, 0.25) is 5.88 Å². The number of carbonyl (C=O) groups is 1. The van der Waals surface area contributed by atoms with Crippen LogP contribution in [-0.4, -0.2) is 13.1 Å². The van der Waals surface area contributed by atoms with E-state index in [4.69, 9.17) is 9.15 Å². The average molecular weight is 318 g/mol. The molecule has 0 aliphatic carbocycles. The van der Waals surface area contributed by atoms with Crippen LogP contribution in [0.3, 0.4) is 0 Å². The third kappa shape index (κ3) is 2.12. The summed E-state index contributed by atoms with van der Waals surface area (Å²) in [5, 5.41) is 10.2. The number of hydrogen-bond acceptors (Lipinski definition) is 5. The van der Waals surface area contributed by atoms with Crippen molar-refractivity contribution in [1.82, 2.24) is 0 Å². The number of nitrogens with zero attached hydrogens (tertiary/aromatic N) is 2. The van der Waals surface area contributed by atoms with E-state index in [2.05, 4.69) is 18.2 Å². The van der Waals surface area contributed by atoms with Crippen molar-refractivity contribution in [3.05, 3.63) is 64.7 Å². The van der Waals surface area contributed by atoms with Crippen LogP contribution in [0.15, 0.2) is 46.9 Å². The molecule has 0 saturated heterocycles. The molecule has 0 spiro atoms. The van der Waals surface area contributed by atoms with Gasteiger partial charge in [0.1, 0.15) is 17.2 Å². The van der Waals surface area contributed by atoms with E-state index in [9.17, 15) is 10.1 Å². The van der Waals surface area contributed by atoms with Gasteiger partial charge in [0.25, 0.3) is 0 Å². The van der Waals surface area contributed by atoms with Crippen LogP contribution in [0.1, 0.15) is 27.0 Å². The number of furan rings is 1. The number of methoxy groups -OCH3 is 1. The zero-order chi connectivity index (χ0) is 16.7. The molecule has 0 saturated carbocycles. The molecule has 2 heterocycles. The summed E-state index contributed by atoms with van der Waals surface area (Å²) in [6.45, 7) is 1.41. The van der Waals surface area contributed by atoms with Gasteiger partial charge in [-0.15, -0.1) is 0 Å². The summed E-state index contributed by atoms with van der Waals surface area (Å²) in [5.74, 6) is 0.114. The van der Waals surface area contributed by atoms with Crippen molar-refractivity contribution in [3.63, 3.8) is 0 Å². The molecule has 1 aliphatic heterocycles. The minimum atomic E-state index is -0.433. The van der Waals surface area contributed by atoms with Crippen LogP contribution in [-0.2, 0) is 17.8 Å². The lowest BCUT2D eigenvalue weighted by Crippen LogP contribution is -2.14. The summed E-state index contributed by atoms with van der Waals surface area (Å²) in [6.07, 6.45) is 0. The molecule has 0 amide bonds. The van der Waals surface area contributed by atoms with Gasteiger partial charge in [-0.25, -0.2) is 4.79 Å². The topological polar surface area (TPSA) is 66.5 Å². The molecule has 0 bridgehead atoms. The number of benzene rings is 2. The van der Waals surface area contributed by atoms with Crippen molar-refractivity contribution >= 4 is 22.8 Å². The summed E-state index contributed by atoms with van der Waals surface area (Å²) in [6, 6.07) is 15.4. The lowest BCUT2D eigenvalue weighted by atomic mass is 10.1. The highest BCUT2D eigenvalue weighted by Gasteiger charge is 2.26. The molecule has 24 heavy (non-hydrogen) atoms. The number of nitriles is 1. The Bertz CT molecular complexity index is 973. The molecular formula is C19H14N2O3. The fraction of sp³-hybridized carbons (Fsp3) is 0.158. The number of anilines is 1. The highest BCUT2D eigenvalue weighted by molar-refractivity contribution is 5.97. The standard InChI is InChI=1S/C19H14N2O3/c1-23-19(22)12-6-7-17-15(8-12)16(9-20)18(24-17)21-10-13-4-2-3-5-14(13)11-21/h2-8H,10-11H2,1H3. The summed E-state index contributed by atoms with van der Waals surface area (Å²) < 4.78 is 10.7.